The number of Topliss-reactive ketones (excluding diaryl/α,β-unsaturated/α-hetero) is 1. The summed E-state index contributed by atoms with van der Waals surface area (Å²) >= 11 is 0. The largest absolute Gasteiger partial charge is 0.493 e. The molecular formula is C17H23F4NO2. The highest BCUT2D eigenvalue weighted by atomic mass is 19.4. The van der Waals surface area contributed by atoms with Gasteiger partial charge in [-0.3, -0.25) is 4.79 Å². The highest BCUT2D eigenvalue weighted by Crippen LogP contribution is 2.32. The van der Waals surface area contributed by atoms with Crippen LogP contribution in [0.3, 0.4) is 0 Å². The SMILES string of the molecule is CC(C)C[C@H](N)CC(=O)CCCOc1cc(F)cc(C(F)(F)F)c1. The average Bonchev–Trinajstić information content (AvgIpc) is 2.41. The van der Waals surface area contributed by atoms with Crippen LogP contribution < -0.4 is 10.5 Å². The zero-order valence-electron chi connectivity index (χ0n) is 13.8. The molecule has 3 nitrogen and oxygen atoms in total. The Morgan fingerprint density at radius 2 is 1.92 bits per heavy atom. The smallest absolute Gasteiger partial charge is 0.416 e. The minimum atomic E-state index is -4.64. The standard InChI is InChI=1S/C17H23F4NO2/c1-11(2)6-14(22)10-15(23)4-3-5-24-16-8-12(17(19,20)21)7-13(18)9-16/h7-9,11,14H,3-6,10,22H2,1-2H3/t14-/m0/s1. The van der Waals surface area contributed by atoms with E-state index in [2.05, 4.69) is 0 Å². The summed E-state index contributed by atoms with van der Waals surface area (Å²) in [5.74, 6) is -0.823. The van der Waals surface area contributed by atoms with E-state index in [1.807, 2.05) is 13.8 Å². The van der Waals surface area contributed by atoms with Gasteiger partial charge in [0.15, 0.2) is 0 Å². The third-order valence-electron chi connectivity index (χ3n) is 3.33. The number of hydrogen-bond donors (Lipinski definition) is 1. The van der Waals surface area contributed by atoms with Gasteiger partial charge in [0.1, 0.15) is 17.3 Å². The monoisotopic (exact) mass is 349 g/mol. The van der Waals surface area contributed by atoms with Crippen molar-refractivity contribution in [2.75, 3.05) is 6.61 Å². The first-order valence-corrected chi connectivity index (χ1v) is 7.85. The van der Waals surface area contributed by atoms with Gasteiger partial charge in [-0.2, -0.15) is 13.2 Å². The van der Waals surface area contributed by atoms with Gasteiger partial charge in [-0.05, 0) is 30.9 Å². The van der Waals surface area contributed by atoms with Crippen molar-refractivity contribution < 1.29 is 27.1 Å². The molecule has 0 aliphatic heterocycles. The quantitative estimate of drug-likeness (QED) is 0.533. The first kappa shape index (κ1) is 20.4. The molecule has 0 saturated heterocycles. The predicted molar refractivity (Wildman–Crippen MR) is 83.2 cm³/mol. The minimum Gasteiger partial charge on any atom is -0.493 e. The van der Waals surface area contributed by atoms with Crippen LogP contribution >= 0.6 is 0 Å². The van der Waals surface area contributed by atoms with E-state index in [1.165, 1.54) is 0 Å². The van der Waals surface area contributed by atoms with Gasteiger partial charge in [-0.15, -0.1) is 0 Å². The highest BCUT2D eigenvalue weighted by molar-refractivity contribution is 5.78. The molecule has 2 N–H and O–H groups in total. The van der Waals surface area contributed by atoms with Gasteiger partial charge in [-0.1, -0.05) is 13.8 Å². The summed E-state index contributed by atoms with van der Waals surface area (Å²) in [7, 11) is 0. The van der Waals surface area contributed by atoms with Crippen molar-refractivity contribution >= 4 is 5.78 Å². The third-order valence-corrected chi connectivity index (χ3v) is 3.33. The van der Waals surface area contributed by atoms with Crippen LogP contribution in [-0.2, 0) is 11.0 Å². The first-order chi connectivity index (χ1) is 11.1. The zero-order valence-corrected chi connectivity index (χ0v) is 13.8. The van der Waals surface area contributed by atoms with Crippen LogP contribution in [0, 0.1) is 11.7 Å². The van der Waals surface area contributed by atoms with Crippen LogP contribution in [0.4, 0.5) is 17.6 Å². The number of halogens is 4. The number of carbonyl (C=O) groups excluding carboxylic acids is 1. The van der Waals surface area contributed by atoms with Crippen molar-refractivity contribution in [2.45, 2.75) is 51.7 Å². The molecule has 1 aromatic rings. The van der Waals surface area contributed by atoms with Crippen molar-refractivity contribution in [2.24, 2.45) is 11.7 Å². The molecule has 7 heteroatoms. The number of ketones is 1. The van der Waals surface area contributed by atoms with E-state index < -0.39 is 17.6 Å². The maximum absolute atomic E-state index is 13.2. The minimum absolute atomic E-state index is 0.0121. The van der Waals surface area contributed by atoms with Gasteiger partial charge in [0.05, 0.1) is 12.2 Å². The van der Waals surface area contributed by atoms with Crippen LogP contribution in [-0.4, -0.2) is 18.4 Å². The summed E-state index contributed by atoms with van der Waals surface area (Å²) in [5.41, 5.74) is 4.74. The van der Waals surface area contributed by atoms with Gasteiger partial charge in [0.25, 0.3) is 0 Å². The highest BCUT2D eigenvalue weighted by Gasteiger charge is 2.31. The molecular weight excluding hydrogens is 326 g/mol. The van der Waals surface area contributed by atoms with Crippen molar-refractivity contribution in [3.05, 3.63) is 29.6 Å². The molecule has 0 saturated carbocycles. The van der Waals surface area contributed by atoms with Gasteiger partial charge in [0, 0.05) is 24.9 Å². The maximum Gasteiger partial charge on any atom is 0.416 e. The molecule has 1 aromatic carbocycles. The lowest BCUT2D eigenvalue weighted by molar-refractivity contribution is -0.137. The fourth-order valence-electron chi connectivity index (χ4n) is 2.35. The Hall–Kier alpha value is -1.63. The summed E-state index contributed by atoms with van der Waals surface area (Å²) in [5, 5.41) is 0. The van der Waals surface area contributed by atoms with E-state index >= 15 is 0 Å². The second-order valence-corrected chi connectivity index (χ2v) is 6.26. The molecule has 0 radical (unpaired) electrons. The molecule has 0 bridgehead atoms. The fraction of sp³-hybridized carbons (Fsp3) is 0.588. The van der Waals surface area contributed by atoms with E-state index in [0.29, 0.717) is 18.4 Å². The van der Waals surface area contributed by atoms with E-state index in [0.717, 1.165) is 18.6 Å². The molecule has 0 aliphatic rings. The molecule has 0 heterocycles. The number of benzene rings is 1. The molecule has 0 spiro atoms. The van der Waals surface area contributed by atoms with E-state index in [-0.39, 0.29) is 37.0 Å². The van der Waals surface area contributed by atoms with E-state index in [9.17, 15) is 22.4 Å². The third kappa shape index (κ3) is 7.77. The van der Waals surface area contributed by atoms with Crippen molar-refractivity contribution in [1.82, 2.24) is 0 Å². The van der Waals surface area contributed by atoms with Gasteiger partial charge in [0.2, 0.25) is 0 Å². The van der Waals surface area contributed by atoms with Crippen molar-refractivity contribution in [1.29, 1.82) is 0 Å². The molecule has 136 valence electrons. The van der Waals surface area contributed by atoms with Crippen LogP contribution in [0.2, 0.25) is 0 Å². The normalized spacial score (nSPS) is 13.2. The Balaban J connectivity index is 2.40. The lowest BCUT2D eigenvalue weighted by Gasteiger charge is -2.13. The molecule has 0 amide bonds. The fourth-order valence-corrected chi connectivity index (χ4v) is 2.35. The molecule has 1 atom stereocenters. The number of alkyl halides is 3. The van der Waals surface area contributed by atoms with Crippen molar-refractivity contribution in [3.8, 4) is 5.75 Å². The van der Waals surface area contributed by atoms with Crippen LogP contribution in [0.5, 0.6) is 5.75 Å². The summed E-state index contributed by atoms with van der Waals surface area (Å²) < 4.78 is 56.0. The number of hydrogen-bond acceptors (Lipinski definition) is 3. The lowest BCUT2D eigenvalue weighted by Crippen LogP contribution is -2.25. The molecule has 0 fully saturated rings. The Bertz CT molecular complexity index is 544. The Labute approximate surface area is 139 Å². The van der Waals surface area contributed by atoms with Gasteiger partial charge >= 0.3 is 6.18 Å². The predicted octanol–water partition coefficient (Wildman–Crippen LogP) is 4.34. The van der Waals surface area contributed by atoms with Crippen LogP contribution in [0.25, 0.3) is 0 Å². The Morgan fingerprint density at radius 1 is 1.25 bits per heavy atom. The number of nitrogens with two attached hydrogens (primary N) is 1. The molecule has 0 aromatic heterocycles. The number of ether oxygens (including phenoxy) is 1. The number of carbonyl (C=O) groups is 1. The summed E-state index contributed by atoms with van der Waals surface area (Å²) in [4.78, 5) is 11.7. The molecule has 0 unspecified atom stereocenters. The van der Waals surface area contributed by atoms with Crippen molar-refractivity contribution in [3.63, 3.8) is 0 Å². The maximum atomic E-state index is 13.2. The molecule has 0 aliphatic carbocycles. The summed E-state index contributed by atoms with van der Waals surface area (Å²) in [6.07, 6.45) is -3.04. The Morgan fingerprint density at radius 3 is 2.50 bits per heavy atom. The second-order valence-electron chi connectivity index (χ2n) is 6.26. The van der Waals surface area contributed by atoms with E-state index in [1.54, 1.807) is 0 Å². The first-order valence-electron chi connectivity index (χ1n) is 7.85. The second kappa shape index (κ2) is 9.01. The molecule has 1 rings (SSSR count). The molecule has 24 heavy (non-hydrogen) atoms. The lowest BCUT2D eigenvalue weighted by atomic mass is 9.99. The van der Waals surface area contributed by atoms with Crippen LogP contribution in [0.15, 0.2) is 18.2 Å². The van der Waals surface area contributed by atoms with Gasteiger partial charge < -0.3 is 10.5 Å². The number of rotatable bonds is 9. The van der Waals surface area contributed by atoms with E-state index in [4.69, 9.17) is 10.5 Å². The topological polar surface area (TPSA) is 52.3 Å². The summed E-state index contributed by atoms with van der Waals surface area (Å²) in [6.45, 7) is 4.07. The van der Waals surface area contributed by atoms with Gasteiger partial charge in [-0.25, -0.2) is 4.39 Å². The Kier molecular flexibility index (Phi) is 7.66. The zero-order chi connectivity index (χ0) is 18.3. The average molecular weight is 349 g/mol. The summed E-state index contributed by atoms with van der Waals surface area (Å²) in [6, 6.07) is 1.85. The van der Waals surface area contributed by atoms with Crippen LogP contribution in [0.1, 0.15) is 45.1 Å².